The molecule has 0 saturated heterocycles. The molecule has 1 aliphatic rings. The fraction of sp³-hybridized carbons (Fsp3) is 0. The minimum atomic E-state index is -1.14. The number of carbonyl (C=O) groups is 3. The van der Waals surface area contributed by atoms with Crippen LogP contribution < -0.4 is 4.90 Å². The molecular formula is C25H14N2O7. The summed E-state index contributed by atoms with van der Waals surface area (Å²) in [5.74, 6) is -2.51. The summed E-state index contributed by atoms with van der Waals surface area (Å²) in [4.78, 5) is 50.3. The third-order valence-corrected chi connectivity index (χ3v) is 5.73. The van der Waals surface area contributed by atoms with Crippen molar-refractivity contribution >= 4 is 39.9 Å². The van der Waals surface area contributed by atoms with E-state index >= 15 is 0 Å². The van der Waals surface area contributed by atoms with E-state index in [0.29, 0.717) is 10.9 Å². The average molecular weight is 454 g/mol. The maximum Gasteiger partial charge on any atom is 0.335 e. The number of rotatable bonds is 4. The second kappa shape index (κ2) is 7.52. The Labute approximate surface area is 191 Å². The second-order valence-electron chi connectivity index (χ2n) is 7.65. The summed E-state index contributed by atoms with van der Waals surface area (Å²) in [6.07, 6.45) is 0. The zero-order valence-corrected chi connectivity index (χ0v) is 17.3. The molecule has 1 aliphatic heterocycles. The quantitative estimate of drug-likeness (QED) is 0.261. The van der Waals surface area contributed by atoms with Crippen LogP contribution in [0.4, 0.5) is 11.4 Å². The molecule has 4 aromatic rings. The highest BCUT2D eigenvalue weighted by Crippen LogP contribution is 2.43. The summed E-state index contributed by atoms with van der Waals surface area (Å²) in [5.41, 5.74) is 0.628. The number of aromatic hydroxyl groups is 1. The molecular weight excluding hydrogens is 440 g/mol. The SMILES string of the molecule is O=C(O)c1ccc(-c2c([N+](=O)[O-])cc3c4c(cccc24)C(=O)N(c2ccc(O)cc2)C3=O)cc1. The van der Waals surface area contributed by atoms with Gasteiger partial charge in [-0.3, -0.25) is 19.7 Å². The molecule has 0 saturated carbocycles. The number of benzene rings is 4. The summed E-state index contributed by atoms with van der Waals surface area (Å²) in [6, 6.07) is 16.9. The van der Waals surface area contributed by atoms with Crippen LogP contribution >= 0.6 is 0 Å². The van der Waals surface area contributed by atoms with Gasteiger partial charge in [-0.2, -0.15) is 0 Å². The molecule has 0 radical (unpaired) electrons. The number of anilines is 1. The molecule has 0 atom stereocenters. The lowest BCUT2D eigenvalue weighted by atomic mass is 9.87. The number of hydrogen-bond donors (Lipinski definition) is 2. The number of nitro benzene ring substituents is 1. The Kier molecular flexibility index (Phi) is 4.61. The standard InChI is InChI=1S/C25H14N2O7/c28-16-10-8-15(9-11-16)26-23(29)18-3-1-2-17-21(13-4-6-14(7-5-13)25(31)32)20(27(33)34)12-19(22(17)18)24(26)30/h1-12,28H,(H,31,32). The fourth-order valence-electron chi connectivity index (χ4n) is 4.21. The number of nitro groups is 1. The number of carboxylic acids is 1. The fourth-order valence-corrected chi connectivity index (χ4v) is 4.21. The van der Waals surface area contributed by atoms with E-state index in [-0.39, 0.29) is 44.8 Å². The first-order chi connectivity index (χ1) is 16.3. The number of carboxylic acid groups (broad SMARTS) is 1. The lowest BCUT2D eigenvalue weighted by Crippen LogP contribution is -2.40. The van der Waals surface area contributed by atoms with Crippen molar-refractivity contribution in [3.05, 3.63) is 99.6 Å². The van der Waals surface area contributed by atoms with Crippen LogP contribution in [0.1, 0.15) is 31.1 Å². The predicted octanol–water partition coefficient (Wildman–Crippen LogP) is 4.62. The van der Waals surface area contributed by atoms with Crippen LogP contribution in [0.2, 0.25) is 0 Å². The van der Waals surface area contributed by atoms with Crippen LogP contribution in [0, 0.1) is 10.1 Å². The number of phenolic OH excluding ortho intramolecular Hbond substituents is 1. The van der Waals surface area contributed by atoms with E-state index in [2.05, 4.69) is 0 Å². The van der Waals surface area contributed by atoms with Gasteiger partial charge in [0, 0.05) is 17.0 Å². The second-order valence-corrected chi connectivity index (χ2v) is 7.65. The van der Waals surface area contributed by atoms with E-state index in [4.69, 9.17) is 5.11 Å². The minimum Gasteiger partial charge on any atom is -0.508 e. The molecule has 0 fully saturated rings. The van der Waals surface area contributed by atoms with Crippen LogP contribution in [0.15, 0.2) is 72.8 Å². The van der Waals surface area contributed by atoms with Crippen molar-refractivity contribution < 1.29 is 29.5 Å². The number of imide groups is 1. The topological polar surface area (TPSA) is 138 Å². The summed E-state index contributed by atoms with van der Waals surface area (Å²) in [7, 11) is 0. The van der Waals surface area contributed by atoms with Crippen molar-refractivity contribution in [3.63, 3.8) is 0 Å². The van der Waals surface area contributed by atoms with Crippen LogP contribution in [0.3, 0.4) is 0 Å². The number of nitrogens with zero attached hydrogens (tertiary/aromatic N) is 2. The van der Waals surface area contributed by atoms with Crippen LogP contribution in [0.5, 0.6) is 5.75 Å². The lowest BCUT2D eigenvalue weighted by molar-refractivity contribution is -0.384. The Balaban J connectivity index is 1.79. The highest BCUT2D eigenvalue weighted by Gasteiger charge is 2.37. The average Bonchev–Trinajstić information content (AvgIpc) is 2.83. The molecule has 2 N–H and O–H groups in total. The number of phenols is 1. The highest BCUT2D eigenvalue weighted by atomic mass is 16.6. The van der Waals surface area contributed by atoms with Crippen molar-refractivity contribution in [1.29, 1.82) is 0 Å². The smallest absolute Gasteiger partial charge is 0.335 e. The van der Waals surface area contributed by atoms with Crippen LogP contribution in [0.25, 0.3) is 21.9 Å². The maximum absolute atomic E-state index is 13.4. The van der Waals surface area contributed by atoms with Crippen molar-refractivity contribution in [2.75, 3.05) is 4.90 Å². The molecule has 0 spiro atoms. The zero-order valence-electron chi connectivity index (χ0n) is 17.3. The first-order valence-electron chi connectivity index (χ1n) is 10.0. The van der Waals surface area contributed by atoms with Crippen LogP contribution in [-0.4, -0.2) is 32.9 Å². The summed E-state index contributed by atoms with van der Waals surface area (Å²) < 4.78 is 0. The van der Waals surface area contributed by atoms with Crippen molar-refractivity contribution in [1.82, 2.24) is 0 Å². The maximum atomic E-state index is 13.4. The van der Waals surface area contributed by atoms with Gasteiger partial charge in [-0.1, -0.05) is 24.3 Å². The van der Waals surface area contributed by atoms with Gasteiger partial charge >= 0.3 is 5.97 Å². The lowest BCUT2D eigenvalue weighted by Gasteiger charge is -2.28. The van der Waals surface area contributed by atoms with Gasteiger partial charge in [-0.25, -0.2) is 9.69 Å². The molecule has 5 rings (SSSR count). The Morgan fingerprint density at radius 1 is 0.882 bits per heavy atom. The third kappa shape index (κ3) is 3.06. The summed E-state index contributed by atoms with van der Waals surface area (Å²) in [6.45, 7) is 0. The normalized spacial score (nSPS) is 12.8. The van der Waals surface area contributed by atoms with E-state index in [1.807, 2.05) is 0 Å². The monoisotopic (exact) mass is 454 g/mol. The minimum absolute atomic E-state index is 0.00381. The van der Waals surface area contributed by atoms with Crippen molar-refractivity contribution in [3.8, 4) is 16.9 Å². The Morgan fingerprint density at radius 2 is 1.53 bits per heavy atom. The van der Waals surface area contributed by atoms with Gasteiger partial charge < -0.3 is 10.2 Å². The molecule has 0 aromatic heterocycles. The van der Waals surface area contributed by atoms with E-state index in [1.165, 1.54) is 54.6 Å². The summed E-state index contributed by atoms with van der Waals surface area (Å²) >= 11 is 0. The molecule has 166 valence electrons. The van der Waals surface area contributed by atoms with Crippen LogP contribution in [-0.2, 0) is 0 Å². The van der Waals surface area contributed by atoms with Crippen molar-refractivity contribution in [2.24, 2.45) is 0 Å². The van der Waals surface area contributed by atoms with Gasteiger partial charge in [0.25, 0.3) is 17.5 Å². The number of amides is 2. The van der Waals surface area contributed by atoms with E-state index in [1.54, 1.807) is 12.1 Å². The Hall–Kier alpha value is -5.05. The van der Waals surface area contributed by atoms with Gasteiger partial charge in [-0.15, -0.1) is 0 Å². The molecule has 34 heavy (non-hydrogen) atoms. The predicted molar refractivity (Wildman–Crippen MR) is 122 cm³/mol. The van der Waals surface area contributed by atoms with Gasteiger partial charge in [0.2, 0.25) is 0 Å². The Morgan fingerprint density at radius 3 is 2.15 bits per heavy atom. The molecule has 1 heterocycles. The van der Waals surface area contributed by atoms with Gasteiger partial charge in [0.1, 0.15) is 5.75 Å². The van der Waals surface area contributed by atoms with Crippen molar-refractivity contribution in [2.45, 2.75) is 0 Å². The third-order valence-electron chi connectivity index (χ3n) is 5.73. The molecule has 0 unspecified atom stereocenters. The first kappa shape index (κ1) is 20.8. The zero-order chi connectivity index (χ0) is 24.1. The van der Waals surface area contributed by atoms with Gasteiger partial charge in [0.15, 0.2) is 0 Å². The van der Waals surface area contributed by atoms with E-state index in [9.17, 15) is 29.6 Å². The molecule has 4 aromatic carbocycles. The molecule has 0 aliphatic carbocycles. The van der Waals surface area contributed by atoms with E-state index < -0.39 is 22.7 Å². The summed E-state index contributed by atoms with van der Waals surface area (Å²) in [5, 5.41) is 31.4. The largest absolute Gasteiger partial charge is 0.508 e. The molecule has 0 bridgehead atoms. The highest BCUT2D eigenvalue weighted by molar-refractivity contribution is 6.37. The molecule has 9 nitrogen and oxygen atoms in total. The number of hydrogen-bond acceptors (Lipinski definition) is 6. The van der Waals surface area contributed by atoms with Gasteiger partial charge in [-0.05, 0) is 53.4 Å². The Bertz CT molecular complexity index is 1540. The molecule has 9 heteroatoms. The van der Waals surface area contributed by atoms with E-state index in [0.717, 1.165) is 11.0 Å². The van der Waals surface area contributed by atoms with Gasteiger partial charge in [0.05, 0.1) is 27.3 Å². The molecule has 2 amide bonds. The first-order valence-corrected chi connectivity index (χ1v) is 10.0. The number of carbonyl (C=O) groups excluding carboxylic acids is 2. The number of aromatic carboxylic acids is 1.